The van der Waals surface area contributed by atoms with Crippen molar-refractivity contribution in [1.29, 1.82) is 0 Å². The number of rotatable bonds is 4. The van der Waals surface area contributed by atoms with Gasteiger partial charge in [-0.2, -0.15) is 0 Å². The van der Waals surface area contributed by atoms with Gasteiger partial charge < -0.3 is 15.7 Å². The zero-order chi connectivity index (χ0) is 10.6. The molecule has 0 bridgehead atoms. The zero-order valence-corrected chi connectivity index (χ0v) is 8.77. The molecule has 0 aliphatic heterocycles. The van der Waals surface area contributed by atoms with E-state index in [1.807, 2.05) is 43.3 Å². The van der Waals surface area contributed by atoms with E-state index in [-0.39, 0.29) is 0 Å². The molecule has 0 amide bonds. The lowest BCUT2D eigenvalue weighted by Gasteiger charge is -2.15. The summed E-state index contributed by atoms with van der Waals surface area (Å²) in [5.74, 6) is 0. The number of nitrogens with two attached hydrogens (primary N) is 1. The third-order valence-electron chi connectivity index (χ3n) is 2.21. The van der Waals surface area contributed by atoms with Crippen molar-refractivity contribution in [3.63, 3.8) is 0 Å². The van der Waals surface area contributed by atoms with Crippen LogP contribution in [-0.4, -0.2) is 25.7 Å². The summed E-state index contributed by atoms with van der Waals surface area (Å²) in [5, 5.41) is 9.73. The normalized spacial score (nSPS) is 12.6. The lowest BCUT2D eigenvalue weighted by atomic mass is 10.1. The second-order valence-electron chi connectivity index (χ2n) is 3.58. The molecule has 0 saturated carbocycles. The van der Waals surface area contributed by atoms with Gasteiger partial charge in [0.05, 0.1) is 6.10 Å². The minimum atomic E-state index is -0.445. The van der Waals surface area contributed by atoms with Gasteiger partial charge in [-0.25, -0.2) is 0 Å². The van der Waals surface area contributed by atoms with Gasteiger partial charge in [-0.1, -0.05) is 12.1 Å². The molecule has 1 atom stereocenters. The van der Waals surface area contributed by atoms with Crippen LogP contribution in [0.3, 0.4) is 0 Å². The molecular formula is C11H18N2O. The maximum Gasteiger partial charge on any atom is 0.0802 e. The van der Waals surface area contributed by atoms with Crippen molar-refractivity contribution in [2.45, 2.75) is 12.5 Å². The molecule has 1 aromatic carbocycles. The Morgan fingerprint density at radius 3 is 2.71 bits per heavy atom. The van der Waals surface area contributed by atoms with Crippen molar-refractivity contribution < 1.29 is 5.11 Å². The first kappa shape index (κ1) is 11.0. The van der Waals surface area contributed by atoms with Gasteiger partial charge in [0.15, 0.2) is 0 Å². The average Bonchev–Trinajstić information content (AvgIpc) is 2.18. The minimum absolute atomic E-state index is 0.445. The van der Waals surface area contributed by atoms with E-state index in [0.29, 0.717) is 13.0 Å². The second-order valence-corrected chi connectivity index (χ2v) is 3.58. The van der Waals surface area contributed by atoms with Crippen molar-refractivity contribution in [2.75, 3.05) is 25.5 Å². The molecule has 78 valence electrons. The van der Waals surface area contributed by atoms with Gasteiger partial charge in [0, 0.05) is 19.8 Å². The number of aliphatic hydroxyl groups is 1. The third kappa shape index (κ3) is 2.72. The molecule has 0 aromatic heterocycles. The summed E-state index contributed by atoms with van der Waals surface area (Å²) in [6.07, 6.45) is 0.163. The maximum atomic E-state index is 9.73. The molecule has 3 N–H and O–H groups in total. The van der Waals surface area contributed by atoms with Gasteiger partial charge in [-0.3, -0.25) is 0 Å². The molecule has 0 saturated heterocycles. The van der Waals surface area contributed by atoms with Crippen molar-refractivity contribution in [3.05, 3.63) is 29.8 Å². The van der Waals surface area contributed by atoms with Crippen molar-refractivity contribution in [1.82, 2.24) is 0 Å². The van der Waals surface area contributed by atoms with E-state index in [1.54, 1.807) is 0 Å². The molecule has 14 heavy (non-hydrogen) atoms. The van der Waals surface area contributed by atoms with Crippen LogP contribution in [0.1, 0.15) is 18.1 Å². The molecule has 0 fully saturated rings. The van der Waals surface area contributed by atoms with E-state index in [4.69, 9.17) is 5.73 Å². The molecular weight excluding hydrogens is 176 g/mol. The molecule has 1 aromatic rings. The van der Waals surface area contributed by atoms with Gasteiger partial charge in [-0.15, -0.1) is 0 Å². The smallest absolute Gasteiger partial charge is 0.0802 e. The maximum absolute atomic E-state index is 9.73. The SMILES string of the molecule is CN(C)c1cccc([C@@H](O)CCN)c1. The van der Waals surface area contributed by atoms with E-state index < -0.39 is 6.10 Å². The fourth-order valence-corrected chi connectivity index (χ4v) is 1.33. The third-order valence-corrected chi connectivity index (χ3v) is 2.21. The number of hydrogen-bond acceptors (Lipinski definition) is 3. The first-order valence-electron chi connectivity index (χ1n) is 4.80. The van der Waals surface area contributed by atoms with Gasteiger partial charge in [-0.05, 0) is 30.7 Å². The Hall–Kier alpha value is -1.06. The fraction of sp³-hybridized carbons (Fsp3) is 0.455. The predicted octanol–water partition coefficient (Wildman–Crippen LogP) is 1.13. The van der Waals surface area contributed by atoms with Crippen LogP contribution in [0, 0.1) is 0 Å². The summed E-state index contributed by atoms with van der Waals surface area (Å²) in [6, 6.07) is 7.87. The molecule has 0 aliphatic carbocycles. The largest absolute Gasteiger partial charge is 0.388 e. The molecule has 0 spiro atoms. The van der Waals surface area contributed by atoms with Gasteiger partial charge >= 0.3 is 0 Å². The standard InChI is InChI=1S/C11H18N2O/c1-13(2)10-5-3-4-9(8-10)11(14)6-7-12/h3-5,8,11,14H,6-7,12H2,1-2H3/t11-/m0/s1. The van der Waals surface area contributed by atoms with E-state index in [9.17, 15) is 5.11 Å². The van der Waals surface area contributed by atoms with Crippen LogP contribution in [-0.2, 0) is 0 Å². The molecule has 0 radical (unpaired) electrons. The highest BCUT2D eigenvalue weighted by molar-refractivity contribution is 5.47. The first-order valence-corrected chi connectivity index (χ1v) is 4.80. The highest BCUT2D eigenvalue weighted by atomic mass is 16.3. The average molecular weight is 194 g/mol. The number of hydrogen-bond donors (Lipinski definition) is 2. The second kappa shape index (κ2) is 4.98. The first-order chi connectivity index (χ1) is 6.65. The Labute approximate surface area is 85.2 Å². The van der Waals surface area contributed by atoms with Crippen LogP contribution >= 0.6 is 0 Å². The van der Waals surface area contributed by atoms with Crippen LogP contribution in [0.2, 0.25) is 0 Å². The van der Waals surface area contributed by atoms with Crippen LogP contribution in [0.4, 0.5) is 5.69 Å². The summed E-state index contributed by atoms with van der Waals surface area (Å²) in [4.78, 5) is 2.01. The van der Waals surface area contributed by atoms with Crippen molar-refractivity contribution >= 4 is 5.69 Å². The highest BCUT2D eigenvalue weighted by Crippen LogP contribution is 2.20. The summed E-state index contributed by atoms with van der Waals surface area (Å²) in [6.45, 7) is 0.507. The highest BCUT2D eigenvalue weighted by Gasteiger charge is 2.06. The summed E-state index contributed by atoms with van der Waals surface area (Å²) >= 11 is 0. The number of aliphatic hydroxyl groups excluding tert-OH is 1. The minimum Gasteiger partial charge on any atom is -0.388 e. The van der Waals surface area contributed by atoms with Gasteiger partial charge in [0.1, 0.15) is 0 Å². The topological polar surface area (TPSA) is 49.5 Å². The summed E-state index contributed by atoms with van der Waals surface area (Å²) < 4.78 is 0. The van der Waals surface area contributed by atoms with Crippen LogP contribution in [0.25, 0.3) is 0 Å². The van der Waals surface area contributed by atoms with Crippen molar-refractivity contribution in [2.24, 2.45) is 5.73 Å². The summed E-state index contributed by atoms with van der Waals surface area (Å²) in [5.41, 5.74) is 7.42. The lowest BCUT2D eigenvalue weighted by molar-refractivity contribution is 0.170. The summed E-state index contributed by atoms with van der Waals surface area (Å²) in [7, 11) is 3.96. The van der Waals surface area contributed by atoms with Crippen LogP contribution < -0.4 is 10.6 Å². The Balaban J connectivity index is 2.82. The Kier molecular flexibility index (Phi) is 3.92. The van der Waals surface area contributed by atoms with E-state index in [0.717, 1.165) is 11.3 Å². The molecule has 0 aliphatic rings. The van der Waals surface area contributed by atoms with E-state index >= 15 is 0 Å². The van der Waals surface area contributed by atoms with E-state index in [2.05, 4.69) is 0 Å². The molecule has 1 rings (SSSR count). The van der Waals surface area contributed by atoms with Gasteiger partial charge in [0.25, 0.3) is 0 Å². The Morgan fingerprint density at radius 1 is 1.43 bits per heavy atom. The number of benzene rings is 1. The lowest BCUT2D eigenvalue weighted by Crippen LogP contribution is -2.10. The van der Waals surface area contributed by atoms with E-state index in [1.165, 1.54) is 0 Å². The number of nitrogens with zero attached hydrogens (tertiary/aromatic N) is 1. The zero-order valence-electron chi connectivity index (χ0n) is 8.77. The Bertz CT molecular complexity index is 286. The Morgan fingerprint density at radius 2 is 2.14 bits per heavy atom. The van der Waals surface area contributed by atoms with Crippen molar-refractivity contribution in [3.8, 4) is 0 Å². The van der Waals surface area contributed by atoms with Gasteiger partial charge in [0.2, 0.25) is 0 Å². The number of anilines is 1. The van der Waals surface area contributed by atoms with Crippen LogP contribution in [0.15, 0.2) is 24.3 Å². The molecule has 3 nitrogen and oxygen atoms in total. The fourth-order valence-electron chi connectivity index (χ4n) is 1.33. The molecule has 0 unspecified atom stereocenters. The quantitative estimate of drug-likeness (QED) is 0.755. The monoisotopic (exact) mass is 194 g/mol. The molecule has 0 heterocycles. The van der Waals surface area contributed by atoms with Crippen LogP contribution in [0.5, 0.6) is 0 Å². The predicted molar refractivity (Wildman–Crippen MR) is 59.4 cm³/mol. The molecule has 3 heteroatoms.